The van der Waals surface area contributed by atoms with E-state index < -0.39 is 5.97 Å². The summed E-state index contributed by atoms with van der Waals surface area (Å²) >= 11 is 0. The summed E-state index contributed by atoms with van der Waals surface area (Å²) in [6, 6.07) is 1.43. The highest BCUT2D eigenvalue weighted by Gasteiger charge is 2.09. The summed E-state index contributed by atoms with van der Waals surface area (Å²) in [5.41, 5.74) is 0. The minimum absolute atomic E-state index is 0.0331. The molecule has 6 heteroatoms. The molecular formula is C10H15N3O3. The van der Waals surface area contributed by atoms with Crippen LogP contribution < -0.4 is 10.1 Å². The van der Waals surface area contributed by atoms with Crippen molar-refractivity contribution in [2.75, 3.05) is 12.4 Å². The number of rotatable bonds is 5. The normalized spacial score (nSPS) is 11.9. The molecule has 88 valence electrons. The third kappa shape index (κ3) is 3.72. The molecule has 0 aromatic carbocycles. The van der Waals surface area contributed by atoms with Gasteiger partial charge in [0.15, 0.2) is 0 Å². The van der Waals surface area contributed by atoms with Crippen molar-refractivity contribution in [1.29, 1.82) is 0 Å². The Hall–Kier alpha value is -1.85. The molecule has 0 bridgehead atoms. The maximum atomic E-state index is 10.5. The van der Waals surface area contributed by atoms with Crippen LogP contribution in [-0.4, -0.2) is 34.2 Å². The molecule has 6 nitrogen and oxygen atoms in total. The molecule has 0 saturated heterocycles. The maximum Gasteiger partial charge on any atom is 0.305 e. The molecule has 1 aromatic heterocycles. The molecule has 1 unspecified atom stereocenters. The van der Waals surface area contributed by atoms with E-state index in [1.807, 2.05) is 0 Å². The second kappa shape index (κ2) is 5.29. The number of ether oxygens (including phenoxy) is 1. The number of methoxy groups -OCH3 is 1. The van der Waals surface area contributed by atoms with Crippen LogP contribution in [0.2, 0.25) is 0 Å². The monoisotopic (exact) mass is 225 g/mol. The zero-order valence-electron chi connectivity index (χ0n) is 9.52. The molecule has 0 saturated carbocycles. The first-order valence-corrected chi connectivity index (χ1v) is 4.89. The quantitative estimate of drug-likeness (QED) is 0.779. The molecule has 0 amide bonds. The highest BCUT2D eigenvalue weighted by molar-refractivity contribution is 5.68. The Morgan fingerprint density at radius 2 is 2.31 bits per heavy atom. The molecule has 0 aliphatic rings. The van der Waals surface area contributed by atoms with E-state index in [2.05, 4.69) is 15.3 Å². The Morgan fingerprint density at radius 1 is 1.62 bits per heavy atom. The second-order valence-electron chi connectivity index (χ2n) is 3.49. The third-order valence-corrected chi connectivity index (χ3v) is 1.90. The van der Waals surface area contributed by atoms with Gasteiger partial charge in [-0.3, -0.25) is 4.79 Å². The average Bonchev–Trinajstić information content (AvgIpc) is 2.14. The number of nitrogens with one attached hydrogen (secondary N) is 1. The van der Waals surface area contributed by atoms with Gasteiger partial charge in [-0.05, 0) is 13.8 Å². The number of nitrogens with zero attached hydrogens (tertiary/aromatic N) is 2. The molecule has 0 fully saturated rings. The maximum absolute atomic E-state index is 10.5. The van der Waals surface area contributed by atoms with Gasteiger partial charge in [0.1, 0.15) is 11.6 Å². The van der Waals surface area contributed by atoms with E-state index in [0.29, 0.717) is 17.5 Å². The Kier molecular flexibility index (Phi) is 4.04. The minimum atomic E-state index is -0.849. The number of aliphatic carboxylic acids is 1. The van der Waals surface area contributed by atoms with Crippen molar-refractivity contribution in [3.63, 3.8) is 0 Å². The van der Waals surface area contributed by atoms with Crippen LogP contribution in [0, 0.1) is 6.92 Å². The lowest BCUT2D eigenvalue weighted by molar-refractivity contribution is -0.137. The van der Waals surface area contributed by atoms with Crippen LogP contribution in [-0.2, 0) is 4.79 Å². The van der Waals surface area contributed by atoms with Crippen molar-refractivity contribution in [3.8, 4) is 5.88 Å². The van der Waals surface area contributed by atoms with Crippen molar-refractivity contribution in [2.24, 2.45) is 0 Å². The van der Waals surface area contributed by atoms with Gasteiger partial charge in [-0.2, -0.15) is 4.98 Å². The van der Waals surface area contributed by atoms with Gasteiger partial charge in [0.25, 0.3) is 0 Å². The number of carboxylic acid groups (broad SMARTS) is 1. The van der Waals surface area contributed by atoms with E-state index in [1.165, 1.54) is 7.11 Å². The van der Waals surface area contributed by atoms with Gasteiger partial charge in [0, 0.05) is 12.1 Å². The smallest absolute Gasteiger partial charge is 0.305 e. The fourth-order valence-corrected chi connectivity index (χ4v) is 1.28. The lowest BCUT2D eigenvalue weighted by Gasteiger charge is -2.13. The van der Waals surface area contributed by atoms with Gasteiger partial charge >= 0.3 is 5.97 Å². The molecule has 1 atom stereocenters. The summed E-state index contributed by atoms with van der Waals surface area (Å²) in [6.45, 7) is 3.52. The van der Waals surface area contributed by atoms with E-state index in [4.69, 9.17) is 9.84 Å². The van der Waals surface area contributed by atoms with Crippen molar-refractivity contribution >= 4 is 11.8 Å². The number of anilines is 1. The number of aryl methyl sites for hydroxylation is 1. The van der Waals surface area contributed by atoms with E-state index in [-0.39, 0.29) is 12.5 Å². The van der Waals surface area contributed by atoms with Gasteiger partial charge in [0.05, 0.1) is 13.5 Å². The zero-order valence-corrected chi connectivity index (χ0v) is 9.52. The minimum Gasteiger partial charge on any atom is -0.481 e. The number of carbonyl (C=O) groups is 1. The molecule has 2 N–H and O–H groups in total. The summed E-state index contributed by atoms with van der Waals surface area (Å²) in [6.07, 6.45) is 0.0331. The highest BCUT2D eigenvalue weighted by atomic mass is 16.5. The van der Waals surface area contributed by atoms with E-state index in [9.17, 15) is 4.79 Å². The van der Waals surface area contributed by atoms with Crippen LogP contribution in [0.25, 0.3) is 0 Å². The molecule has 0 aliphatic heterocycles. The first kappa shape index (κ1) is 12.2. The molecule has 1 rings (SSSR count). The topological polar surface area (TPSA) is 84.3 Å². The van der Waals surface area contributed by atoms with E-state index >= 15 is 0 Å². The average molecular weight is 225 g/mol. The van der Waals surface area contributed by atoms with Gasteiger partial charge in [-0.15, -0.1) is 0 Å². The van der Waals surface area contributed by atoms with Crippen LogP contribution in [0.1, 0.15) is 19.2 Å². The third-order valence-electron chi connectivity index (χ3n) is 1.90. The van der Waals surface area contributed by atoms with Crippen molar-refractivity contribution in [3.05, 3.63) is 11.9 Å². The first-order valence-electron chi connectivity index (χ1n) is 4.89. The molecular weight excluding hydrogens is 210 g/mol. The number of hydrogen-bond donors (Lipinski definition) is 2. The molecule has 16 heavy (non-hydrogen) atoms. The van der Waals surface area contributed by atoms with Gasteiger partial charge in [-0.1, -0.05) is 0 Å². The number of hydrogen-bond acceptors (Lipinski definition) is 5. The molecule has 0 spiro atoms. The van der Waals surface area contributed by atoms with Gasteiger partial charge < -0.3 is 15.2 Å². The highest BCUT2D eigenvalue weighted by Crippen LogP contribution is 2.14. The van der Waals surface area contributed by atoms with Gasteiger partial charge in [-0.25, -0.2) is 4.98 Å². The Labute approximate surface area is 93.7 Å². The summed E-state index contributed by atoms with van der Waals surface area (Å²) in [4.78, 5) is 18.7. The van der Waals surface area contributed by atoms with Gasteiger partial charge in [0.2, 0.25) is 5.88 Å². The van der Waals surface area contributed by atoms with Crippen LogP contribution in [0.4, 0.5) is 5.82 Å². The Bertz CT molecular complexity index is 382. The van der Waals surface area contributed by atoms with Crippen molar-refractivity contribution in [1.82, 2.24) is 9.97 Å². The molecule has 0 radical (unpaired) electrons. The van der Waals surface area contributed by atoms with Crippen LogP contribution in [0.3, 0.4) is 0 Å². The summed E-state index contributed by atoms with van der Waals surface area (Å²) < 4.78 is 4.99. The van der Waals surface area contributed by atoms with Crippen LogP contribution >= 0.6 is 0 Å². The van der Waals surface area contributed by atoms with Crippen LogP contribution in [0.5, 0.6) is 5.88 Å². The van der Waals surface area contributed by atoms with Crippen molar-refractivity contribution < 1.29 is 14.6 Å². The number of aromatic nitrogens is 2. The predicted octanol–water partition coefficient (Wildman–Crippen LogP) is 1.07. The van der Waals surface area contributed by atoms with E-state index in [1.54, 1.807) is 19.9 Å². The first-order chi connectivity index (χ1) is 7.51. The lowest BCUT2D eigenvalue weighted by atomic mass is 10.2. The fraction of sp³-hybridized carbons (Fsp3) is 0.500. The van der Waals surface area contributed by atoms with E-state index in [0.717, 1.165) is 0 Å². The molecule has 0 aliphatic carbocycles. The van der Waals surface area contributed by atoms with Crippen molar-refractivity contribution in [2.45, 2.75) is 26.3 Å². The summed E-state index contributed by atoms with van der Waals surface area (Å²) in [7, 11) is 1.52. The summed E-state index contributed by atoms with van der Waals surface area (Å²) in [5, 5.41) is 11.6. The molecule has 1 aromatic rings. The summed E-state index contributed by atoms with van der Waals surface area (Å²) in [5.74, 6) is 0.748. The SMILES string of the molecule is COc1cc(NC(C)CC(=O)O)nc(C)n1. The second-order valence-corrected chi connectivity index (χ2v) is 3.49. The van der Waals surface area contributed by atoms with Crippen LogP contribution in [0.15, 0.2) is 6.07 Å². The number of carboxylic acids is 1. The fourth-order valence-electron chi connectivity index (χ4n) is 1.28. The standard InChI is InChI=1S/C10H15N3O3/c1-6(4-10(14)15)11-8-5-9(16-3)13-7(2)12-8/h5-6H,4H2,1-3H3,(H,14,15)(H,11,12,13). The molecule has 1 heterocycles. The Morgan fingerprint density at radius 3 is 2.88 bits per heavy atom. The largest absolute Gasteiger partial charge is 0.481 e. The zero-order chi connectivity index (χ0) is 12.1. The predicted molar refractivity (Wildman–Crippen MR) is 58.7 cm³/mol. The Balaban J connectivity index is 2.72. The lowest BCUT2D eigenvalue weighted by Crippen LogP contribution is -2.20.